The van der Waals surface area contributed by atoms with E-state index in [9.17, 15) is 10.1 Å². The summed E-state index contributed by atoms with van der Waals surface area (Å²) < 4.78 is 1.14. The number of aryl methyl sites for hydroxylation is 1. The van der Waals surface area contributed by atoms with E-state index in [4.69, 9.17) is 0 Å². The summed E-state index contributed by atoms with van der Waals surface area (Å²) in [6.07, 6.45) is 5.15. The molecule has 0 amide bonds. The molecule has 1 aliphatic rings. The molecular weight excluding hydrogens is 423 g/mol. The van der Waals surface area contributed by atoms with Crippen LogP contribution in [0.15, 0.2) is 18.2 Å². The van der Waals surface area contributed by atoms with Crippen molar-refractivity contribution in [3.63, 3.8) is 0 Å². The lowest BCUT2D eigenvalue weighted by Crippen LogP contribution is -2.25. The van der Waals surface area contributed by atoms with Gasteiger partial charge in [-0.15, -0.1) is 11.3 Å². The average molecular weight is 442 g/mol. The van der Waals surface area contributed by atoms with Crippen LogP contribution in [-0.2, 0) is 0 Å². The third-order valence-electron chi connectivity index (χ3n) is 4.54. The van der Waals surface area contributed by atoms with Crippen LogP contribution in [-0.4, -0.2) is 13.3 Å². The Hall–Kier alpha value is -1.02. The van der Waals surface area contributed by atoms with E-state index in [0.717, 1.165) is 45.6 Å². The minimum Gasteiger partial charge on any atom is -0.258 e. The second-order valence-corrected chi connectivity index (χ2v) is 10.6. The van der Waals surface area contributed by atoms with Gasteiger partial charge in [-0.25, -0.2) is 4.98 Å². The van der Waals surface area contributed by atoms with Crippen molar-refractivity contribution < 1.29 is 4.92 Å². The highest BCUT2D eigenvalue weighted by atomic mass is 127. The average Bonchev–Trinajstić information content (AvgIpc) is 2.84. The van der Waals surface area contributed by atoms with Crippen molar-refractivity contribution in [2.45, 2.75) is 43.5 Å². The van der Waals surface area contributed by atoms with Crippen LogP contribution in [0, 0.1) is 23.0 Å². The molecule has 0 spiro atoms. The van der Waals surface area contributed by atoms with E-state index in [1.807, 2.05) is 13.0 Å². The molecule has 1 aliphatic carbocycles. The molecule has 0 fully saturated rings. The van der Waals surface area contributed by atoms with Crippen molar-refractivity contribution in [3.8, 4) is 0 Å². The van der Waals surface area contributed by atoms with Crippen LogP contribution in [0.3, 0.4) is 0 Å². The monoisotopic (exact) mass is 442 g/mol. The third-order valence-corrected chi connectivity index (χ3v) is 6.35. The fourth-order valence-corrected chi connectivity index (χ4v) is 4.60. The molecule has 4 nitrogen and oxygen atoms in total. The summed E-state index contributed by atoms with van der Waals surface area (Å²) >= 11 is 4.01. The normalized spacial score (nSPS) is 19.0. The predicted molar refractivity (Wildman–Crippen MR) is 104 cm³/mol. The number of nitro benzene ring substituents is 1. The number of aromatic nitrogens is 1. The lowest BCUT2D eigenvalue weighted by molar-refractivity contribution is -0.385. The molecule has 0 saturated heterocycles. The summed E-state index contributed by atoms with van der Waals surface area (Å²) in [5.41, 5.74) is 2.92. The standard InChI is InChI=1S/C17H19IN2O2S/c1-10-19-14-8-13(15(20(21)22)9-16(14)23-10)11-4-6-12(7-5-11)17(2,3)18/h4,8-9,12H,5-7H2,1-3H3. The molecule has 122 valence electrons. The smallest absolute Gasteiger partial charge is 0.258 e. The SMILES string of the molecule is Cc1nc2cc(C3=CCC(C(C)(C)I)CC3)c([N+](=O)[O-])cc2s1. The summed E-state index contributed by atoms with van der Waals surface area (Å²) in [6.45, 7) is 6.44. The number of fused-ring (bicyclic) bond motifs is 1. The van der Waals surface area contributed by atoms with E-state index in [1.165, 1.54) is 11.3 Å². The molecule has 0 radical (unpaired) electrons. The minimum absolute atomic E-state index is 0.208. The lowest BCUT2D eigenvalue weighted by Gasteiger charge is -2.31. The Balaban J connectivity index is 2.03. The molecular formula is C17H19IN2O2S. The zero-order valence-corrected chi connectivity index (χ0v) is 16.4. The van der Waals surface area contributed by atoms with Gasteiger partial charge >= 0.3 is 0 Å². The number of allylic oxidation sites excluding steroid dienone is 2. The number of alkyl halides is 1. The zero-order chi connectivity index (χ0) is 16.8. The first kappa shape index (κ1) is 16.8. The predicted octanol–water partition coefficient (Wildman–Crippen LogP) is 5.91. The van der Waals surface area contributed by atoms with Gasteiger partial charge in [-0.05, 0) is 43.7 Å². The Morgan fingerprint density at radius 1 is 1.43 bits per heavy atom. The topological polar surface area (TPSA) is 56.0 Å². The second-order valence-electron chi connectivity index (χ2n) is 6.59. The Bertz CT molecular complexity index is 805. The maximum atomic E-state index is 11.5. The van der Waals surface area contributed by atoms with Crippen molar-refractivity contribution in [1.82, 2.24) is 4.98 Å². The van der Waals surface area contributed by atoms with Gasteiger partial charge in [0.1, 0.15) is 0 Å². The number of hydrogen-bond acceptors (Lipinski definition) is 4. The molecule has 2 aromatic rings. The van der Waals surface area contributed by atoms with Crippen LogP contribution in [0.1, 0.15) is 43.7 Å². The highest BCUT2D eigenvalue weighted by molar-refractivity contribution is 14.1. The number of benzene rings is 1. The molecule has 1 aromatic carbocycles. The van der Waals surface area contributed by atoms with Gasteiger partial charge in [0.15, 0.2) is 0 Å². The molecule has 1 aromatic heterocycles. The Labute approximate surface area is 153 Å². The second kappa shape index (κ2) is 6.12. The van der Waals surface area contributed by atoms with E-state index in [2.05, 4.69) is 47.5 Å². The summed E-state index contributed by atoms with van der Waals surface area (Å²) in [7, 11) is 0. The van der Waals surface area contributed by atoms with Crippen LogP contribution in [0.5, 0.6) is 0 Å². The van der Waals surface area contributed by atoms with E-state index < -0.39 is 0 Å². The largest absolute Gasteiger partial charge is 0.278 e. The molecule has 1 unspecified atom stereocenters. The van der Waals surface area contributed by atoms with Crippen LogP contribution in [0.2, 0.25) is 0 Å². The van der Waals surface area contributed by atoms with Gasteiger partial charge < -0.3 is 0 Å². The van der Waals surface area contributed by atoms with E-state index >= 15 is 0 Å². The Kier molecular flexibility index (Phi) is 4.48. The zero-order valence-electron chi connectivity index (χ0n) is 13.4. The van der Waals surface area contributed by atoms with Crippen molar-refractivity contribution in [2.24, 2.45) is 5.92 Å². The van der Waals surface area contributed by atoms with Gasteiger partial charge in [-0.3, -0.25) is 10.1 Å². The maximum Gasteiger partial charge on any atom is 0.278 e. The van der Waals surface area contributed by atoms with Gasteiger partial charge in [0.05, 0.1) is 25.7 Å². The minimum atomic E-state index is -0.265. The van der Waals surface area contributed by atoms with Gasteiger partial charge in [-0.2, -0.15) is 0 Å². The van der Waals surface area contributed by atoms with Gasteiger partial charge in [0.2, 0.25) is 0 Å². The van der Waals surface area contributed by atoms with Gasteiger partial charge in [0.25, 0.3) is 5.69 Å². The summed E-state index contributed by atoms with van der Waals surface area (Å²) in [5, 5.41) is 12.4. The number of nitrogens with zero attached hydrogens (tertiary/aromatic N) is 2. The number of halogens is 1. The summed E-state index contributed by atoms with van der Waals surface area (Å²) in [5.74, 6) is 0.621. The summed E-state index contributed by atoms with van der Waals surface area (Å²) in [4.78, 5) is 15.7. The maximum absolute atomic E-state index is 11.5. The van der Waals surface area contributed by atoms with Crippen LogP contribution in [0.4, 0.5) is 5.69 Å². The van der Waals surface area contributed by atoms with Gasteiger partial charge in [0, 0.05) is 9.49 Å². The van der Waals surface area contributed by atoms with Crippen molar-refractivity contribution >= 4 is 55.4 Å². The van der Waals surface area contributed by atoms with Crippen molar-refractivity contribution in [1.29, 1.82) is 0 Å². The molecule has 1 heterocycles. The number of thiazole rings is 1. The van der Waals surface area contributed by atoms with E-state index in [1.54, 1.807) is 6.07 Å². The van der Waals surface area contributed by atoms with Crippen LogP contribution >= 0.6 is 33.9 Å². The molecule has 6 heteroatoms. The highest BCUT2D eigenvalue weighted by Gasteiger charge is 2.30. The first-order chi connectivity index (χ1) is 10.8. The number of hydrogen-bond donors (Lipinski definition) is 0. The number of rotatable bonds is 3. The van der Waals surface area contributed by atoms with Crippen molar-refractivity contribution in [2.75, 3.05) is 0 Å². The Morgan fingerprint density at radius 2 is 2.17 bits per heavy atom. The van der Waals surface area contributed by atoms with Crippen molar-refractivity contribution in [3.05, 3.63) is 38.9 Å². The molecule has 3 rings (SSSR count). The van der Waals surface area contributed by atoms with E-state index in [0.29, 0.717) is 5.92 Å². The fraction of sp³-hybridized carbons (Fsp3) is 0.471. The van der Waals surface area contributed by atoms with E-state index in [-0.39, 0.29) is 14.0 Å². The first-order valence-corrected chi connectivity index (χ1v) is 9.59. The summed E-state index contributed by atoms with van der Waals surface area (Å²) in [6, 6.07) is 3.59. The molecule has 0 N–H and O–H groups in total. The molecule has 23 heavy (non-hydrogen) atoms. The molecule has 0 bridgehead atoms. The third kappa shape index (κ3) is 3.42. The molecule has 0 saturated carbocycles. The fourth-order valence-electron chi connectivity index (χ4n) is 3.19. The van der Waals surface area contributed by atoms with Gasteiger partial charge in [-0.1, -0.05) is 42.5 Å². The molecule has 1 atom stereocenters. The van der Waals surface area contributed by atoms with Crippen LogP contribution < -0.4 is 0 Å². The molecule has 0 aliphatic heterocycles. The highest BCUT2D eigenvalue weighted by Crippen LogP contribution is 2.42. The first-order valence-electron chi connectivity index (χ1n) is 7.69. The quantitative estimate of drug-likeness (QED) is 0.257. The lowest BCUT2D eigenvalue weighted by atomic mass is 9.80. The van der Waals surface area contributed by atoms with Crippen LogP contribution in [0.25, 0.3) is 15.8 Å². The Morgan fingerprint density at radius 3 is 2.74 bits per heavy atom. The number of nitro groups is 1.